The third-order valence-electron chi connectivity index (χ3n) is 6.07. The predicted octanol–water partition coefficient (Wildman–Crippen LogP) is 5.97. The fourth-order valence-corrected chi connectivity index (χ4v) is 4.54. The number of unbranched alkanes of at least 4 members (excludes halogenated alkanes) is 3. The summed E-state index contributed by atoms with van der Waals surface area (Å²) < 4.78 is 10.5. The van der Waals surface area contributed by atoms with Crippen molar-refractivity contribution >= 4 is 17.5 Å². The second-order valence-corrected chi connectivity index (χ2v) is 8.09. The minimum absolute atomic E-state index is 0.205. The minimum Gasteiger partial charge on any atom is -0.464 e. The van der Waals surface area contributed by atoms with Crippen LogP contribution in [-0.4, -0.2) is 25.2 Å². The normalized spacial score (nSPS) is 16.8. The summed E-state index contributed by atoms with van der Waals surface area (Å²) in [6.45, 7) is 6.19. The van der Waals surface area contributed by atoms with Crippen LogP contribution in [0.15, 0.2) is 54.1 Å². The van der Waals surface area contributed by atoms with E-state index < -0.39 is 11.4 Å². The van der Waals surface area contributed by atoms with Crippen LogP contribution in [0.5, 0.6) is 0 Å². The van der Waals surface area contributed by atoms with Crippen molar-refractivity contribution < 1.29 is 19.1 Å². The van der Waals surface area contributed by atoms with Crippen molar-refractivity contribution in [3.8, 4) is 6.07 Å². The van der Waals surface area contributed by atoms with Crippen LogP contribution in [-0.2, 0) is 19.7 Å². The topological polar surface area (TPSA) is 76.4 Å². The maximum atomic E-state index is 13.3. The van der Waals surface area contributed by atoms with Crippen molar-refractivity contribution in [1.29, 1.82) is 5.26 Å². The van der Waals surface area contributed by atoms with Crippen LogP contribution < -0.4 is 0 Å². The Balaban J connectivity index is 2.18. The molecule has 0 spiro atoms. The van der Waals surface area contributed by atoms with E-state index in [0.717, 1.165) is 48.0 Å². The number of carbonyl (C=O) groups is 2. The van der Waals surface area contributed by atoms with E-state index in [1.807, 2.05) is 36.4 Å². The van der Waals surface area contributed by atoms with Gasteiger partial charge in [-0.3, -0.25) is 0 Å². The summed E-state index contributed by atoms with van der Waals surface area (Å²) in [6.07, 6.45) is 4.72. The monoisotopic (exact) mass is 445 g/mol. The van der Waals surface area contributed by atoms with E-state index in [-0.39, 0.29) is 12.6 Å². The highest BCUT2D eigenvalue weighted by molar-refractivity contribution is 6.03. The van der Waals surface area contributed by atoms with Gasteiger partial charge in [-0.1, -0.05) is 62.6 Å². The van der Waals surface area contributed by atoms with Crippen molar-refractivity contribution in [3.63, 3.8) is 0 Å². The van der Waals surface area contributed by atoms with E-state index in [2.05, 4.69) is 13.0 Å². The molecule has 2 aromatic rings. The molecule has 33 heavy (non-hydrogen) atoms. The molecule has 0 heterocycles. The van der Waals surface area contributed by atoms with Gasteiger partial charge in [0.2, 0.25) is 5.41 Å². The van der Waals surface area contributed by atoms with Crippen molar-refractivity contribution in [2.45, 2.75) is 58.3 Å². The Labute approximate surface area is 196 Å². The third-order valence-corrected chi connectivity index (χ3v) is 6.07. The van der Waals surface area contributed by atoms with E-state index in [9.17, 15) is 14.9 Å². The number of nitrogens with zero attached hydrogens (tertiary/aromatic N) is 1. The first-order chi connectivity index (χ1) is 16.0. The van der Waals surface area contributed by atoms with Crippen molar-refractivity contribution in [2.75, 3.05) is 13.2 Å². The number of fused-ring (bicyclic) bond motifs is 1. The number of nitriles is 1. The molecule has 0 amide bonds. The molecule has 1 aliphatic carbocycles. The number of hydrogen-bond acceptors (Lipinski definition) is 5. The number of rotatable bonds is 10. The van der Waals surface area contributed by atoms with Crippen molar-refractivity contribution in [2.24, 2.45) is 0 Å². The van der Waals surface area contributed by atoms with Crippen LogP contribution in [0.1, 0.15) is 79.9 Å². The highest BCUT2D eigenvalue weighted by Crippen LogP contribution is 2.51. The smallest absolute Gasteiger partial charge is 0.338 e. The van der Waals surface area contributed by atoms with Crippen molar-refractivity contribution in [1.82, 2.24) is 0 Å². The number of ether oxygens (including phenoxy) is 2. The number of hydrogen-bond donors (Lipinski definition) is 0. The maximum Gasteiger partial charge on any atom is 0.338 e. The van der Waals surface area contributed by atoms with Gasteiger partial charge in [0.05, 0.1) is 24.8 Å². The molecule has 3 rings (SSSR count). The van der Waals surface area contributed by atoms with E-state index in [0.29, 0.717) is 24.2 Å². The average Bonchev–Trinajstić information content (AvgIpc) is 3.12. The van der Waals surface area contributed by atoms with Crippen LogP contribution in [0.2, 0.25) is 0 Å². The first-order valence-corrected chi connectivity index (χ1v) is 11.7. The lowest BCUT2D eigenvalue weighted by atomic mass is 9.76. The van der Waals surface area contributed by atoms with Gasteiger partial charge in [-0.2, -0.15) is 5.26 Å². The lowest BCUT2D eigenvalue weighted by Crippen LogP contribution is -2.36. The molecule has 5 nitrogen and oxygen atoms in total. The van der Waals surface area contributed by atoms with Gasteiger partial charge in [0.1, 0.15) is 0 Å². The van der Waals surface area contributed by atoms with Gasteiger partial charge in [-0.05, 0) is 66.7 Å². The third kappa shape index (κ3) is 4.57. The van der Waals surface area contributed by atoms with Crippen LogP contribution in [0, 0.1) is 11.3 Å². The molecule has 5 heteroatoms. The molecule has 0 saturated carbocycles. The molecule has 0 aliphatic heterocycles. The Hall–Kier alpha value is -3.39. The molecule has 172 valence electrons. The minimum atomic E-state index is -1.46. The Kier molecular flexibility index (Phi) is 8.06. The summed E-state index contributed by atoms with van der Waals surface area (Å²) in [5.74, 6) is -0.897. The summed E-state index contributed by atoms with van der Waals surface area (Å²) in [6, 6.07) is 17.1. The van der Waals surface area contributed by atoms with Gasteiger partial charge in [0.25, 0.3) is 0 Å². The van der Waals surface area contributed by atoms with Gasteiger partial charge in [-0.25, -0.2) is 9.59 Å². The van der Waals surface area contributed by atoms with Gasteiger partial charge in [0, 0.05) is 0 Å². The Morgan fingerprint density at radius 1 is 0.909 bits per heavy atom. The standard InChI is InChI=1S/C28H31NO4/c1-4-7-8-9-14-24-25(20-15-17-21(18-16-20)26(30)32-5-2)22-12-10-11-13-23(22)28(24,19-29)27(31)33-6-3/h10-13,15-18H,4-9,14H2,1-3H3. The first kappa shape index (κ1) is 24.3. The second-order valence-electron chi connectivity index (χ2n) is 8.09. The molecule has 0 bridgehead atoms. The largest absolute Gasteiger partial charge is 0.464 e. The zero-order valence-corrected chi connectivity index (χ0v) is 19.6. The van der Waals surface area contributed by atoms with Gasteiger partial charge >= 0.3 is 11.9 Å². The molecule has 0 fully saturated rings. The van der Waals surface area contributed by atoms with Crippen LogP contribution >= 0.6 is 0 Å². The van der Waals surface area contributed by atoms with Crippen molar-refractivity contribution in [3.05, 3.63) is 76.4 Å². The van der Waals surface area contributed by atoms with Gasteiger partial charge in [-0.15, -0.1) is 0 Å². The molecular weight excluding hydrogens is 414 g/mol. The highest BCUT2D eigenvalue weighted by Gasteiger charge is 2.52. The Morgan fingerprint density at radius 2 is 1.61 bits per heavy atom. The van der Waals surface area contributed by atoms with E-state index >= 15 is 0 Å². The highest BCUT2D eigenvalue weighted by atomic mass is 16.5. The van der Waals surface area contributed by atoms with E-state index in [1.54, 1.807) is 26.0 Å². The zero-order valence-electron chi connectivity index (χ0n) is 19.6. The predicted molar refractivity (Wildman–Crippen MR) is 128 cm³/mol. The zero-order chi connectivity index (χ0) is 23.8. The quantitative estimate of drug-likeness (QED) is 0.332. The van der Waals surface area contributed by atoms with Crippen LogP contribution in [0.25, 0.3) is 5.57 Å². The molecule has 0 N–H and O–H groups in total. The number of benzene rings is 2. The molecule has 1 unspecified atom stereocenters. The Bertz CT molecular complexity index is 1080. The summed E-state index contributed by atoms with van der Waals surface area (Å²) in [5.41, 5.74) is 3.06. The molecule has 0 aromatic heterocycles. The second kappa shape index (κ2) is 11.0. The average molecular weight is 446 g/mol. The maximum absolute atomic E-state index is 13.3. The molecular formula is C28H31NO4. The van der Waals surface area contributed by atoms with Crippen LogP contribution in [0.4, 0.5) is 0 Å². The van der Waals surface area contributed by atoms with Crippen LogP contribution in [0.3, 0.4) is 0 Å². The van der Waals surface area contributed by atoms with Gasteiger partial charge < -0.3 is 9.47 Å². The summed E-state index contributed by atoms with van der Waals surface area (Å²) >= 11 is 0. The fourth-order valence-electron chi connectivity index (χ4n) is 4.54. The summed E-state index contributed by atoms with van der Waals surface area (Å²) in [4.78, 5) is 25.4. The molecule has 1 atom stereocenters. The summed E-state index contributed by atoms with van der Waals surface area (Å²) in [5, 5.41) is 10.4. The lowest BCUT2D eigenvalue weighted by Gasteiger charge is -2.25. The Morgan fingerprint density at radius 3 is 2.24 bits per heavy atom. The number of carbonyl (C=O) groups excluding carboxylic acids is 2. The molecule has 0 radical (unpaired) electrons. The SMILES string of the molecule is CCCCCCC1=C(c2ccc(C(=O)OCC)cc2)c2ccccc2C1(C#N)C(=O)OCC. The lowest BCUT2D eigenvalue weighted by molar-refractivity contribution is -0.146. The van der Waals surface area contributed by atoms with Gasteiger partial charge in [0.15, 0.2) is 0 Å². The fraction of sp³-hybridized carbons (Fsp3) is 0.393. The van der Waals surface area contributed by atoms with E-state index in [4.69, 9.17) is 9.47 Å². The first-order valence-electron chi connectivity index (χ1n) is 11.7. The van der Waals surface area contributed by atoms with E-state index in [1.165, 1.54) is 0 Å². The molecule has 1 aliphatic rings. The summed E-state index contributed by atoms with van der Waals surface area (Å²) in [7, 11) is 0. The molecule has 0 saturated heterocycles. The molecule has 2 aromatic carbocycles. The number of esters is 2.